The highest BCUT2D eigenvalue weighted by molar-refractivity contribution is 6.07. The number of imidazole rings is 2. The normalized spacial score (nSPS) is 11.4. The van der Waals surface area contributed by atoms with Gasteiger partial charge >= 0.3 is 0 Å². The van der Waals surface area contributed by atoms with Gasteiger partial charge in [-0.3, -0.25) is 9.59 Å². The molecule has 0 bridgehead atoms. The molecule has 0 saturated carbocycles. The van der Waals surface area contributed by atoms with Crippen molar-refractivity contribution in [1.82, 2.24) is 23.8 Å². The van der Waals surface area contributed by atoms with Crippen LogP contribution in [0.1, 0.15) is 41.3 Å². The van der Waals surface area contributed by atoms with E-state index in [-0.39, 0.29) is 17.7 Å². The number of hydrogen-bond acceptors (Lipinski definition) is 4. The van der Waals surface area contributed by atoms with Crippen LogP contribution in [0.15, 0.2) is 73.1 Å². The summed E-state index contributed by atoms with van der Waals surface area (Å²) >= 11 is 0. The fraction of sp³-hybridized carbons (Fsp3) is 0.241. The minimum atomic E-state index is -0.190. The maximum Gasteiger partial charge on any atom is 0.256 e. The highest BCUT2D eigenvalue weighted by Crippen LogP contribution is 2.28. The Morgan fingerprint density at radius 1 is 1.05 bits per heavy atom. The number of aromatic nitrogens is 4. The number of carbonyl (C=O) groups excluding carboxylic acids is 2. The number of nitrogens with zero attached hydrogens (tertiary/aromatic N) is 5. The minimum Gasteiger partial charge on any atom is -0.336 e. The highest BCUT2D eigenvalue weighted by Gasteiger charge is 2.23. The number of nitrogens with one attached hydrogen (secondary N) is 1. The lowest BCUT2D eigenvalue weighted by atomic mass is 10.1. The first-order chi connectivity index (χ1) is 17.8. The second kappa shape index (κ2) is 9.89. The summed E-state index contributed by atoms with van der Waals surface area (Å²) in [6.07, 6.45) is 3.73. The molecule has 3 heterocycles. The highest BCUT2D eigenvalue weighted by atomic mass is 16.2. The molecule has 8 heteroatoms. The predicted molar refractivity (Wildman–Crippen MR) is 144 cm³/mol. The maximum absolute atomic E-state index is 13.9. The van der Waals surface area contributed by atoms with Gasteiger partial charge in [0.15, 0.2) is 0 Å². The molecule has 188 valence electrons. The number of anilines is 1. The van der Waals surface area contributed by atoms with Gasteiger partial charge in [0.05, 0.1) is 35.0 Å². The molecule has 0 unspecified atom stereocenters. The number of carbonyl (C=O) groups is 2. The standard InChI is InChI=1S/C29H30N6O2/c1-19(2)28(36)32-22-14-24(29(37)33(4)18-23-16-30-26-12-8-9-13-34(23)26)27-25(15-22)31-20(3)35(27)17-21-10-6-5-7-11-21/h5-16,19H,17-18H2,1-4H3,(H,32,36). The van der Waals surface area contributed by atoms with Crippen molar-refractivity contribution < 1.29 is 9.59 Å². The second-order valence-corrected chi connectivity index (χ2v) is 9.61. The smallest absolute Gasteiger partial charge is 0.256 e. The van der Waals surface area contributed by atoms with Crippen LogP contribution in [-0.2, 0) is 17.9 Å². The zero-order valence-corrected chi connectivity index (χ0v) is 21.5. The summed E-state index contributed by atoms with van der Waals surface area (Å²) < 4.78 is 4.04. The van der Waals surface area contributed by atoms with Gasteiger partial charge in [-0.05, 0) is 36.8 Å². The van der Waals surface area contributed by atoms with E-state index in [1.54, 1.807) is 24.2 Å². The SMILES string of the molecule is Cc1nc2cc(NC(=O)C(C)C)cc(C(=O)N(C)Cc3cnc4ccccn34)c2n1Cc1ccccc1. The van der Waals surface area contributed by atoms with Crippen molar-refractivity contribution in [2.45, 2.75) is 33.9 Å². The third kappa shape index (κ3) is 4.82. The lowest BCUT2D eigenvalue weighted by molar-refractivity contribution is -0.118. The summed E-state index contributed by atoms with van der Waals surface area (Å²) in [4.78, 5) is 37.3. The molecule has 0 aliphatic heterocycles. The van der Waals surface area contributed by atoms with E-state index in [4.69, 9.17) is 4.98 Å². The van der Waals surface area contributed by atoms with Gasteiger partial charge in [-0.1, -0.05) is 50.2 Å². The summed E-state index contributed by atoms with van der Waals surface area (Å²) in [6, 6.07) is 19.5. The molecular formula is C29H30N6O2. The molecule has 0 radical (unpaired) electrons. The largest absolute Gasteiger partial charge is 0.336 e. The van der Waals surface area contributed by atoms with E-state index in [9.17, 15) is 9.59 Å². The topological polar surface area (TPSA) is 84.5 Å². The average Bonchev–Trinajstić information content (AvgIpc) is 3.44. The first kappa shape index (κ1) is 24.2. The summed E-state index contributed by atoms with van der Waals surface area (Å²) in [5.74, 6) is 0.331. The molecule has 0 fully saturated rings. The van der Waals surface area contributed by atoms with Gasteiger partial charge in [-0.25, -0.2) is 9.97 Å². The molecule has 1 N–H and O–H groups in total. The molecule has 37 heavy (non-hydrogen) atoms. The van der Waals surface area contributed by atoms with Gasteiger partial charge in [0.1, 0.15) is 11.5 Å². The summed E-state index contributed by atoms with van der Waals surface area (Å²) in [7, 11) is 1.78. The quantitative estimate of drug-likeness (QED) is 0.349. The van der Waals surface area contributed by atoms with Gasteiger partial charge in [-0.15, -0.1) is 0 Å². The zero-order chi connectivity index (χ0) is 26.1. The zero-order valence-electron chi connectivity index (χ0n) is 21.5. The molecule has 2 amide bonds. The van der Waals surface area contributed by atoms with Crippen LogP contribution in [0.3, 0.4) is 0 Å². The van der Waals surface area contributed by atoms with Crippen molar-refractivity contribution in [2.75, 3.05) is 12.4 Å². The number of aryl methyl sites for hydroxylation is 1. The van der Waals surface area contributed by atoms with Crippen LogP contribution in [0.5, 0.6) is 0 Å². The molecule has 0 spiro atoms. The van der Waals surface area contributed by atoms with Gasteiger partial charge < -0.3 is 19.2 Å². The Kier molecular flexibility index (Phi) is 6.48. The molecule has 0 atom stereocenters. The van der Waals surface area contributed by atoms with Crippen LogP contribution >= 0.6 is 0 Å². The Morgan fingerprint density at radius 3 is 2.57 bits per heavy atom. The van der Waals surface area contributed by atoms with Crippen molar-refractivity contribution in [1.29, 1.82) is 0 Å². The fourth-order valence-electron chi connectivity index (χ4n) is 4.49. The molecule has 0 aliphatic carbocycles. The monoisotopic (exact) mass is 494 g/mol. The third-order valence-electron chi connectivity index (χ3n) is 6.48. The number of hydrogen-bond donors (Lipinski definition) is 1. The first-order valence-electron chi connectivity index (χ1n) is 12.3. The molecule has 0 saturated heterocycles. The van der Waals surface area contributed by atoms with Crippen molar-refractivity contribution in [3.8, 4) is 0 Å². The van der Waals surface area contributed by atoms with Gasteiger partial charge in [0.2, 0.25) is 5.91 Å². The maximum atomic E-state index is 13.9. The molecular weight excluding hydrogens is 464 g/mol. The molecule has 5 aromatic rings. The van der Waals surface area contributed by atoms with E-state index in [1.165, 1.54) is 0 Å². The fourth-order valence-corrected chi connectivity index (χ4v) is 4.49. The van der Waals surface area contributed by atoms with E-state index in [0.717, 1.165) is 28.2 Å². The minimum absolute atomic E-state index is 0.114. The number of pyridine rings is 1. The van der Waals surface area contributed by atoms with Crippen molar-refractivity contribution in [3.05, 3.63) is 95.7 Å². The Balaban J connectivity index is 1.57. The Morgan fingerprint density at radius 2 is 1.81 bits per heavy atom. The Labute approximate surface area is 215 Å². The van der Waals surface area contributed by atoms with Gasteiger partial charge in [-0.2, -0.15) is 0 Å². The van der Waals surface area contributed by atoms with Crippen molar-refractivity contribution in [3.63, 3.8) is 0 Å². The number of fused-ring (bicyclic) bond motifs is 2. The molecule has 5 rings (SSSR count). The van der Waals surface area contributed by atoms with Crippen LogP contribution in [0.25, 0.3) is 16.7 Å². The Hall–Kier alpha value is -4.46. The van der Waals surface area contributed by atoms with E-state index in [0.29, 0.717) is 29.9 Å². The van der Waals surface area contributed by atoms with Crippen LogP contribution in [0, 0.1) is 12.8 Å². The van der Waals surface area contributed by atoms with E-state index in [1.807, 2.05) is 73.8 Å². The van der Waals surface area contributed by atoms with E-state index < -0.39 is 0 Å². The molecule has 2 aromatic carbocycles. The van der Waals surface area contributed by atoms with E-state index >= 15 is 0 Å². The van der Waals surface area contributed by atoms with Crippen molar-refractivity contribution >= 4 is 34.2 Å². The lowest BCUT2D eigenvalue weighted by Crippen LogP contribution is -2.28. The number of amides is 2. The van der Waals surface area contributed by atoms with Gasteiger partial charge in [0.25, 0.3) is 5.91 Å². The third-order valence-corrected chi connectivity index (χ3v) is 6.48. The predicted octanol–water partition coefficient (Wildman–Crippen LogP) is 4.91. The van der Waals surface area contributed by atoms with Gasteiger partial charge in [0, 0.05) is 31.4 Å². The molecule has 0 aliphatic rings. The summed E-state index contributed by atoms with van der Waals surface area (Å²) in [5.41, 5.74) is 5.31. The van der Waals surface area contributed by atoms with Crippen LogP contribution in [0.2, 0.25) is 0 Å². The van der Waals surface area contributed by atoms with Crippen LogP contribution in [0.4, 0.5) is 5.69 Å². The Bertz CT molecular complexity index is 1600. The average molecular weight is 495 g/mol. The molecule has 3 aromatic heterocycles. The lowest BCUT2D eigenvalue weighted by Gasteiger charge is -2.19. The summed E-state index contributed by atoms with van der Waals surface area (Å²) in [5, 5.41) is 2.94. The van der Waals surface area contributed by atoms with Crippen molar-refractivity contribution in [2.24, 2.45) is 5.92 Å². The molecule has 8 nitrogen and oxygen atoms in total. The first-order valence-corrected chi connectivity index (χ1v) is 12.3. The second-order valence-electron chi connectivity index (χ2n) is 9.61. The summed E-state index contributed by atoms with van der Waals surface area (Å²) in [6.45, 7) is 6.56. The van der Waals surface area contributed by atoms with E-state index in [2.05, 4.69) is 27.0 Å². The number of rotatable bonds is 7. The van der Waals surface area contributed by atoms with Crippen LogP contribution < -0.4 is 5.32 Å². The van der Waals surface area contributed by atoms with Crippen LogP contribution in [-0.4, -0.2) is 42.7 Å². The number of benzene rings is 2.